The van der Waals surface area contributed by atoms with Crippen LogP contribution in [0.3, 0.4) is 0 Å². The molecule has 1 aliphatic heterocycles. The van der Waals surface area contributed by atoms with Crippen molar-refractivity contribution < 1.29 is 4.39 Å². The number of fused-ring (bicyclic) bond motifs is 2. The van der Waals surface area contributed by atoms with Crippen molar-refractivity contribution in [1.82, 2.24) is 25.5 Å². The lowest BCUT2D eigenvalue weighted by atomic mass is 9.90. The molecule has 0 spiro atoms. The zero-order chi connectivity index (χ0) is 26.8. The number of pyridine rings is 1. The van der Waals surface area contributed by atoms with Crippen LogP contribution < -0.4 is 5.32 Å². The maximum atomic E-state index is 13.5. The first-order valence-electron chi connectivity index (χ1n) is 13.6. The molecule has 0 unspecified atom stereocenters. The molecule has 5 nitrogen and oxygen atoms in total. The molecule has 1 aliphatic rings. The Balaban J connectivity index is 1.36. The highest BCUT2D eigenvalue weighted by Crippen LogP contribution is 2.35. The van der Waals surface area contributed by atoms with Crippen molar-refractivity contribution in [3.8, 4) is 22.5 Å². The van der Waals surface area contributed by atoms with Crippen molar-refractivity contribution >= 4 is 27.4 Å². The van der Waals surface area contributed by atoms with E-state index in [0.717, 1.165) is 75.1 Å². The third-order valence-corrected chi connectivity index (χ3v) is 7.71. The van der Waals surface area contributed by atoms with Crippen LogP contribution in [0, 0.1) is 11.7 Å². The van der Waals surface area contributed by atoms with Gasteiger partial charge in [-0.15, -0.1) is 0 Å². The maximum absolute atomic E-state index is 13.5. The Morgan fingerprint density at radius 1 is 1.05 bits per heavy atom. The van der Waals surface area contributed by atoms with E-state index in [2.05, 4.69) is 63.5 Å². The van der Waals surface area contributed by atoms with Crippen LogP contribution in [0.4, 0.5) is 4.39 Å². The Bertz CT molecular complexity index is 1700. The summed E-state index contributed by atoms with van der Waals surface area (Å²) in [7, 11) is 0. The highest BCUT2D eigenvalue weighted by molar-refractivity contribution is 6.01. The molecule has 3 N–H and O–H groups in total. The number of benzene rings is 2. The Hall–Kier alpha value is -4.29. The summed E-state index contributed by atoms with van der Waals surface area (Å²) in [4.78, 5) is 8.29. The van der Waals surface area contributed by atoms with E-state index in [0.29, 0.717) is 5.92 Å². The number of H-pyrrole nitrogens is 2. The number of halogens is 1. The lowest BCUT2D eigenvalue weighted by molar-refractivity contribution is 0.374. The molecule has 3 aromatic heterocycles. The van der Waals surface area contributed by atoms with Crippen molar-refractivity contribution in [1.29, 1.82) is 0 Å². The highest BCUT2D eigenvalue weighted by atomic mass is 19.1. The summed E-state index contributed by atoms with van der Waals surface area (Å²) >= 11 is 0. The molecule has 2 aromatic carbocycles. The molecular weight excluding hydrogens is 485 g/mol. The second-order valence-electron chi connectivity index (χ2n) is 10.2. The predicted molar refractivity (Wildman–Crippen MR) is 159 cm³/mol. The van der Waals surface area contributed by atoms with Gasteiger partial charge in [0.2, 0.25) is 0 Å². The first-order valence-corrected chi connectivity index (χ1v) is 13.6. The number of nitrogens with zero attached hydrogens (tertiary/aromatic N) is 2. The minimum Gasteiger partial charge on any atom is -0.353 e. The van der Waals surface area contributed by atoms with Gasteiger partial charge >= 0.3 is 0 Å². The van der Waals surface area contributed by atoms with E-state index in [9.17, 15) is 4.39 Å². The van der Waals surface area contributed by atoms with Crippen LogP contribution >= 0.6 is 0 Å². The quantitative estimate of drug-likeness (QED) is 0.193. The monoisotopic (exact) mass is 517 g/mol. The highest BCUT2D eigenvalue weighted by Gasteiger charge is 2.17. The van der Waals surface area contributed by atoms with Gasteiger partial charge in [0.1, 0.15) is 11.5 Å². The Morgan fingerprint density at radius 3 is 2.64 bits per heavy atom. The third kappa shape index (κ3) is 5.08. The molecule has 39 heavy (non-hydrogen) atoms. The Morgan fingerprint density at radius 2 is 1.87 bits per heavy atom. The number of hydrogen-bond acceptors (Lipinski definition) is 3. The number of piperidine rings is 1. The first kappa shape index (κ1) is 25.0. The van der Waals surface area contributed by atoms with Crippen LogP contribution in [-0.4, -0.2) is 33.3 Å². The van der Waals surface area contributed by atoms with Crippen molar-refractivity contribution in [2.45, 2.75) is 26.2 Å². The molecule has 1 fully saturated rings. The van der Waals surface area contributed by atoms with Gasteiger partial charge in [-0.1, -0.05) is 43.0 Å². The normalized spacial score (nSPS) is 15.3. The lowest BCUT2D eigenvalue weighted by Gasteiger charge is -2.23. The van der Waals surface area contributed by atoms with Gasteiger partial charge in [0.25, 0.3) is 0 Å². The summed E-state index contributed by atoms with van der Waals surface area (Å²) in [6.45, 7) is 8.32. The van der Waals surface area contributed by atoms with E-state index in [-0.39, 0.29) is 5.82 Å². The van der Waals surface area contributed by atoms with Gasteiger partial charge < -0.3 is 10.3 Å². The van der Waals surface area contributed by atoms with E-state index < -0.39 is 0 Å². The summed E-state index contributed by atoms with van der Waals surface area (Å²) in [6.07, 6.45) is 11.6. The molecule has 0 saturated carbocycles. The van der Waals surface area contributed by atoms with E-state index in [4.69, 9.17) is 4.98 Å². The van der Waals surface area contributed by atoms with Gasteiger partial charge in [0, 0.05) is 16.3 Å². The van der Waals surface area contributed by atoms with E-state index in [1.165, 1.54) is 30.5 Å². The van der Waals surface area contributed by atoms with E-state index in [1.807, 2.05) is 37.4 Å². The number of allylic oxidation sites excluding steroid dienone is 5. The van der Waals surface area contributed by atoms with Crippen LogP contribution in [0.2, 0.25) is 0 Å². The molecule has 1 saturated heterocycles. The first-order chi connectivity index (χ1) is 19.1. The molecule has 196 valence electrons. The van der Waals surface area contributed by atoms with Gasteiger partial charge in [-0.25, -0.2) is 4.39 Å². The maximum Gasteiger partial charge on any atom is 0.123 e. The van der Waals surface area contributed by atoms with Gasteiger partial charge in [-0.05, 0) is 104 Å². The minimum absolute atomic E-state index is 0.241. The van der Waals surface area contributed by atoms with Gasteiger partial charge in [0.15, 0.2) is 0 Å². The predicted octanol–water partition coefficient (Wildman–Crippen LogP) is 7.82. The topological polar surface area (TPSA) is 69.4 Å². The van der Waals surface area contributed by atoms with Crippen LogP contribution in [0.5, 0.6) is 0 Å². The average Bonchev–Trinajstić information content (AvgIpc) is 3.60. The number of hydrogen-bond donors (Lipinski definition) is 3. The summed E-state index contributed by atoms with van der Waals surface area (Å²) in [5.74, 6) is 0.446. The molecule has 0 atom stereocenters. The zero-order valence-corrected chi connectivity index (χ0v) is 22.1. The van der Waals surface area contributed by atoms with Gasteiger partial charge in [-0.2, -0.15) is 5.10 Å². The number of nitrogens with one attached hydrogen (secondary N) is 3. The van der Waals surface area contributed by atoms with Crippen molar-refractivity contribution in [3.63, 3.8) is 0 Å². The third-order valence-electron chi connectivity index (χ3n) is 7.71. The molecule has 6 heteroatoms. The van der Waals surface area contributed by atoms with Crippen LogP contribution in [0.25, 0.3) is 49.9 Å². The molecule has 0 amide bonds. The fourth-order valence-electron chi connectivity index (χ4n) is 5.57. The van der Waals surface area contributed by atoms with Crippen molar-refractivity contribution in [2.24, 2.45) is 5.92 Å². The van der Waals surface area contributed by atoms with E-state index >= 15 is 0 Å². The molecule has 6 rings (SSSR count). The minimum atomic E-state index is -0.241. The zero-order valence-electron chi connectivity index (χ0n) is 22.1. The van der Waals surface area contributed by atoms with Crippen molar-refractivity contribution in [3.05, 3.63) is 103 Å². The second kappa shape index (κ2) is 10.8. The molecule has 4 heterocycles. The standard InChI is InChI=1S/C33H32FN5/c1-3-21(16-22-12-14-35-15-13-22)17-23(4-2)30-19-28-32(20-36-30)38-39-33(28)31-18-27-26(6-5-7-29(27)37-31)24-8-10-25(34)11-9-24/h3-11,17-20,22,35,37H,1,12-16H2,2H3,(H,38,39)/b21-17+,23-4+. The molecule has 5 aromatic rings. The van der Waals surface area contributed by atoms with Gasteiger partial charge in [-0.3, -0.25) is 10.1 Å². The van der Waals surface area contributed by atoms with Crippen molar-refractivity contribution in [2.75, 3.05) is 13.1 Å². The fraction of sp³-hybridized carbons (Fsp3) is 0.212. The fourth-order valence-corrected chi connectivity index (χ4v) is 5.57. The SMILES string of the molecule is C=C/C(=C\C(=C/C)c1cc2c(-c3cc4c(-c5ccc(F)cc5)cccc4[nH]3)n[nH]c2cn1)CC1CCNCC1. The molecular formula is C33H32FN5. The summed E-state index contributed by atoms with van der Waals surface area (Å²) < 4.78 is 13.5. The van der Waals surface area contributed by atoms with Gasteiger partial charge in [0.05, 0.1) is 23.1 Å². The van der Waals surface area contributed by atoms with Crippen LogP contribution in [-0.2, 0) is 0 Å². The summed E-state index contributed by atoms with van der Waals surface area (Å²) in [5.41, 5.74) is 8.87. The second-order valence-corrected chi connectivity index (χ2v) is 10.2. The lowest BCUT2D eigenvalue weighted by Crippen LogP contribution is -2.27. The average molecular weight is 518 g/mol. The largest absolute Gasteiger partial charge is 0.353 e. The Labute approximate surface area is 227 Å². The van der Waals surface area contributed by atoms with Crippen LogP contribution in [0.1, 0.15) is 31.9 Å². The summed E-state index contributed by atoms with van der Waals surface area (Å²) in [5, 5.41) is 13.3. The Kier molecular flexibility index (Phi) is 6.95. The molecule has 0 radical (unpaired) electrons. The van der Waals surface area contributed by atoms with Crippen LogP contribution in [0.15, 0.2) is 91.2 Å². The number of aromatic nitrogens is 4. The smallest absolute Gasteiger partial charge is 0.123 e. The number of aromatic amines is 2. The van der Waals surface area contributed by atoms with E-state index in [1.54, 1.807) is 0 Å². The number of rotatable bonds is 7. The molecule has 0 bridgehead atoms. The molecule has 0 aliphatic carbocycles. The summed E-state index contributed by atoms with van der Waals surface area (Å²) in [6, 6.07) is 17.0.